The van der Waals surface area contributed by atoms with Crippen LogP contribution in [0.4, 0.5) is 11.4 Å². The molecule has 1 aromatic carbocycles. The number of anilines is 2. The lowest BCUT2D eigenvalue weighted by Gasteiger charge is -2.18. The van der Waals surface area contributed by atoms with Gasteiger partial charge in [-0.05, 0) is 30.3 Å². The molecule has 98 valence electrons. The highest BCUT2D eigenvalue weighted by atomic mass is 35.5. The van der Waals surface area contributed by atoms with Crippen LogP contribution < -0.4 is 4.90 Å². The molecule has 0 atom stereocenters. The van der Waals surface area contributed by atoms with Crippen LogP contribution in [-0.4, -0.2) is 12.0 Å². The molecule has 0 unspecified atom stereocenters. The molecule has 0 aliphatic carbocycles. The Labute approximate surface area is 127 Å². The summed E-state index contributed by atoms with van der Waals surface area (Å²) in [5, 5.41) is 4.16. The topological polar surface area (TPSA) is 16.1 Å². The molecule has 3 rings (SSSR count). The molecule has 0 aliphatic heterocycles. The zero-order valence-corrected chi connectivity index (χ0v) is 12.6. The molecule has 0 saturated heterocycles. The SMILES string of the molecule is CN(c1ccncc1)c1csc2cc(Cl)ccc12.Cl. The van der Waals surface area contributed by atoms with E-state index >= 15 is 0 Å². The van der Waals surface area contributed by atoms with Crippen molar-refractivity contribution in [3.05, 3.63) is 53.1 Å². The second-order valence-electron chi connectivity index (χ2n) is 4.03. The number of hydrogen-bond donors (Lipinski definition) is 0. The van der Waals surface area contributed by atoms with Crippen LogP contribution in [0.2, 0.25) is 5.02 Å². The van der Waals surface area contributed by atoms with Crippen molar-refractivity contribution in [3.8, 4) is 0 Å². The lowest BCUT2D eigenvalue weighted by atomic mass is 10.2. The normalized spacial score (nSPS) is 10.2. The van der Waals surface area contributed by atoms with E-state index in [2.05, 4.69) is 28.4 Å². The Bertz CT molecular complexity index is 682. The van der Waals surface area contributed by atoms with Crippen molar-refractivity contribution in [1.29, 1.82) is 0 Å². The van der Waals surface area contributed by atoms with Gasteiger partial charge in [-0.25, -0.2) is 0 Å². The van der Waals surface area contributed by atoms with Gasteiger partial charge in [0.25, 0.3) is 0 Å². The summed E-state index contributed by atoms with van der Waals surface area (Å²) in [7, 11) is 2.06. The number of pyridine rings is 1. The minimum Gasteiger partial charge on any atom is -0.343 e. The van der Waals surface area contributed by atoms with E-state index in [1.54, 1.807) is 23.7 Å². The molecule has 0 radical (unpaired) electrons. The Morgan fingerprint density at radius 3 is 2.63 bits per heavy atom. The van der Waals surface area contributed by atoms with Crippen molar-refractivity contribution in [2.45, 2.75) is 0 Å². The van der Waals surface area contributed by atoms with Crippen LogP contribution in [0, 0.1) is 0 Å². The molecule has 0 bridgehead atoms. The molecule has 2 nitrogen and oxygen atoms in total. The van der Waals surface area contributed by atoms with E-state index in [1.165, 1.54) is 15.8 Å². The third-order valence-electron chi connectivity index (χ3n) is 2.93. The maximum Gasteiger partial charge on any atom is 0.0596 e. The van der Waals surface area contributed by atoms with Gasteiger partial charge in [-0.1, -0.05) is 11.6 Å². The van der Waals surface area contributed by atoms with E-state index in [4.69, 9.17) is 11.6 Å². The van der Waals surface area contributed by atoms with Crippen LogP contribution in [0.3, 0.4) is 0 Å². The van der Waals surface area contributed by atoms with Crippen LogP contribution in [0.15, 0.2) is 48.1 Å². The smallest absolute Gasteiger partial charge is 0.0596 e. The average Bonchev–Trinajstić information content (AvgIpc) is 2.81. The van der Waals surface area contributed by atoms with Crippen molar-refractivity contribution in [2.75, 3.05) is 11.9 Å². The van der Waals surface area contributed by atoms with Gasteiger partial charge in [0.15, 0.2) is 0 Å². The number of hydrogen-bond acceptors (Lipinski definition) is 3. The summed E-state index contributed by atoms with van der Waals surface area (Å²) in [5.41, 5.74) is 2.32. The number of nitrogens with zero attached hydrogens (tertiary/aromatic N) is 2. The fourth-order valence-electron chi connectivity index (χ4n) is 1.95. The Kier molecular flexibility index (Phi) is 4.30. The number of thiophene rings is 1. The van der Waals surface area contributed by atoms with Crippen LogP contribution in [0.25, 0.3) is 10.1 Å². The molecule has 0 fully saturated rings. The van der Waals surface area contributed by atoms with Crippen LogP contribution in [-0.2, 0) is 0 Å². The fourth-order valence-corrected chi connectivity index (χ4v) is 3.21. The summed E-state index contributed by atoms with van der Waals surface area (Å²) in [6.07, 6.45) is 3.61. The molecular weight excluding hydrogens is 299 g/mol. The second kappa shape index (κ2) is 5.78. The van der Waals surface area contributed by atoms with Gasteiger partial charge in [0.1, 0.15) is 0 Å². The van der Waals surface area contributed by atoms with E-state index in [1.807, 2.05) is 24.3 Å². The maximum absolute atomic E-state index is 6.01. The Morgan fingerprint density at radius 2 is 1.89 bits per heavy atom. The van der Waals surface area contributed by atoms with Crippen molar-refractivity contribution < 1.29 is 0 Å². The zero-order chi connectivity index (χ0) is 12.5. The van der Waals surface area contributed by atoms with Gasteiger partial charge >= 0.3 is 0 Å². The quantitative estimate of drug-likeness (QED) is 0.651. The monoisotopic (exact) mass is 310 g/mol. The number of rotatable bonds is 2. The number of benzene rings is 1. The van der Waals surface area contributed by atoms with Gasteiger partial charge in [-0.3, -0.25) is 4.98 Å². The first kappa shape index (κ1) is 14.1. The number of halogens is 2. The minimum absolute atomic E-state index is 0. The van der Waals surface area contributed by atoms with Crippen molar-refractivity contribution in [3.63, 3.8) is 0 Å². The summed E-state index contributed by atoms with van der Waals surface area (Å²) >= 11 is 7.72. The summed E-state index contributed by atoms with van der Waals surface area (Å²) in [6, 6.07) is 10.0. The Hall–Kier alpha value is -1.29. The summed E-state index contributed by atoms with van der Waals surface area (Å²) in [4.78, 5) is 6.20. The number of aromatic nitrogens is 1. The van der Waals surface area contributed by atoms with Crippen LogP contribution in [0.5, 0.6) is 0 Å². The van der Waals surface area contributed by atoms with Gasteiger partial charge in [-0.2, -0.15) is 0 Å². The first-order valence-corrected chi connectivity index (χ1v) is 6.82. The first-order chi connectivity index (χ1) is 8.75. The molecule has 0 spiro atoms. The molecule has 19 heavy (non-hydrogen) atoms. The molecule has 3 aromatic rings. The maximum atomic E-state index is 6.01. The summed E-state index contributed by atoms with van der Waals surface area (Å²) in [6.45, 7) is 0. The molecule has 2 aromatic heterocycles. The largest absolute Gasteiger partial charge is 0.343 e. The summed E-state index contributed by atoms with van der Waals surface area (Å²) < 4.78 is 1.21. The third kappa shape index (κ3) is 2.68. The van der Waals surface area contributed by atoms with E-state index in [-0.39, 0.29) is 12.4 Å². The van der Waals surface area contributed by atoms with Gasteiger partial charge < -0.3 is 4.90 Å². The molecule has 0 saturated carbocycles. The molecule has 0 amide bonds. The standard InChI is InChI=1S/C14H11ClN2S.ClH/c1-17(11-4-6-16-7-5-11)13-9-18-14-8-10(15)2-3-12(13)14;/h2-9H,1H3;1H. The van der Waals surface area contributed by atoms with E-state index in [0.29, 0.717) is 0 Å². The van der Waals surface area contributed by atoms with E-state index < -0.39 is 0 Å². The molecule has 0 N–H and O–H groups in total. The van der Waals surface area contributed by atoms with E-state index in [0.717, 1.165) is 10.7 Å². The molecule has 0 aliphatic rings. The van der Waals surface area contributed by atoms with Crippen molar-refractivity contribution in [2.24, 2.45) is 0 Å². The highest BCUT2D eigenvalue weighted by molar-refractivity contribution is 7.17. The predicted octanol–water partition coefficient (Wildman–Crippen LogP) is 5.14. The van der Waals surface area contributed by atoms with Gasteiger partial charge in [-0.15, -0.1) is 23.7 Å². The van der Waals surface area contributed by atoms with E-state index in [9.17, 15) is 0 Å². The van der Waals surface area contributed by atoms with Gasteiger partial charge in [0, 0.05) is 45.6 Å². The zero-order valence-electron chi connectivity index (χ0n) is 10.2. The second-order valence-corrected chi connectivity index (χ2v) is 5.37. The fraction of sp³-hybridized carbons (Fsp3) is 0.0714. The minimum atomic E-state index is 0. The highest BCUT2D eigenvalue weighted by Gasteiger charge is 2.10. The van der Waals surface area contributed by atoms with Crippen molar-refractivity contribution in [1.82, 2.24) is 4.98 Å². The lowest BCUT2D eigenvalue weighted by Crippen LogP contribution is -2.08. The van der Waals surface area contributed by atoms with Crippen LogP contribution >= 0.6 is 35.3 Å². The average molecular weight is 311 g/mol. The first-order valence-electron chi connectivity index (χ1n) is 5.56. The summed E-state index contributed by atoms with van der Waals surface area (Å²) in [5.74, 6) is 0. The van der Waals surface area contributed by atoms with Crippen molar-refractivity contribution >= 4 is 56.8 Å². The third-order valence-corrected chi connectivity index (χ3v) is 4.10. The van der Waals surface area contributed by atoms with Crippen LogP contribution in [0.1, 0.15) is 0 Å². The predicted molar refractivity (Wildman–Crippen MR) is 86.4 cm³/mol. The van der Waals surface area contributed by atoms with Gasteiger partial charge in [0.2, 0.25) is 0 Å². The molecule has 5 heteroatoms. The lowest BCUT2D eigenvalue weighted by molar-refractivity contribution is 1.20. The van der Waals surface area contributed by atoms with Gasteiger partial charge in [0.05, 0.1) is 5.69 Å². The molecular formula is C14H12Cl2N2S. The molecule has 2 heterocycles. The Morgan fingerprint density at radius 1 is 1.16 bits per heavy atom. The Balaban J connectivity index is 0.00000133. The highest BCUT2D eigenvalue weighted by Crippen LogP contribution is 2.36. The number of fused-ring (bicyclic) bond motifs is 1.